The third kappa shape index (κ3) is 2.55. The van der Waals surface area contributed by atoms with Crippen LogP contribution in [0.1, 0.15) is 29.5 Å². The predicted molar refractivity (Wildman–Crippen MR) is 97.6 cm³/mol. The van der Waals surface area contributed by atoms with Crippen molar-refractivity contribution in [2.75, 3.05) is 5.32 Å². The summed E-state index contributed by atoms with van der Waals surface area (Å²) in [5.41, 5.74) is 1.71. The number of allylic oxidation sites excluding steroid dienone is 2. The molecular weight excluding hydrogens is 363 g/mol. The van der Waals surface area contributed by atoms with E-state index in [0.29, 0.717) is 16.3 Å². The van der Waals surface area contributed by atoms with Gasteiger partial charge in [-0.1, -0.05) is 47.5 Å². The minimum atomic E-state index is -0.478. The van der Waals surface area contributed by atoms with Crippen molar-refractivity contribution in [2.45, 2.75) is 18.4 Å². The molecule has 1 heterocycles. The first-order valence-electron chi connectivity index (χ1n) is 7.85. The smallest absolute Gasteiger partial charge is 0.293 e. The average molecular weight is 377 g/mol. The molecule has 7 heteroatoms. The highest BCUT2D eigenvalue weighted by molar-refractivity contribution is 6.33. The highest BCUT2D eigenvalue weighted by atomic mass is 35.5. The van der Waals surface area contributed by atoms with E-state index in [4.69, 9.17) is 23.2 Å². The van der Waals surface area contributed by atoms with Crippen molar-refractivity contribution in [3.05, 3.63) is 73.8 Å². The van der Waals surface area contributed by atoms with Crippen LogP contribution >= 0.6 is 23.2 Å². The molecule has 2 aliphatic rings. The van der Waals surface area contributed by atoms with Gasteiger partial charge in [-0.25, -0.2) is 0 Å². The topological polar surface area (TPSA) is 75.4 Å². The molecule has 0 saturated heterocycles. The zero-order valence-electron chi connectivity index (χ0n) is 12.9. The Labute approximate surface area is 154 Å². The number of nitrogens with zero attached hydrogens (tertiary/aromatic N) is 1. The number of nitro groups is 1. The van der Waals surface area contributed by atoms with Gasteiger partial charge in [-0.15, -0.1) is 0 Å². The van der Waals surface area contributed by atoms with Crippen LogP contribution in [0.25, 0.3) is 0 Å². The van der Waals surface area contributed by atoms with Crippen molar-refractivity contribution >= 4 is 34.6 Å². The Morgan fingerprint density at radius 3 is 2.64 bits per heavy atom. The molecule has 2 aromatic carbocycles. The van der Waals surface area contributed by atoms with Crippen LogP contribution in [0.4, 0.5) is 11.4 Å². The Balaban J connectivity index is 1.89. The molecule has 1 aliphatic heterocycles. The quantitative estimate of drug-likeness (QED) is 0.317. The monoisotopic (exact) mass is 376 g/mol. The molecule has 0 saturated carbocycles. The van der Waals surface area contributed by atoms with Crippen LogP contribution in [-0.2, 0) is 0 Å². The number of hydrogen-bond acceptors (Lipinski definition) is 4. The number of aromatic hydroxyl groups is 1. The first-order valence-corrected chi connectivity index (χ1v) is 8.61. The fourth-order valence-electron chi connectivity index (χ4n) is 3.90. The lowest BCUT2D eigenvalue weighted by molar-refractivity contribution is -0.385. The van der Waals surface area contributed by atoms with Crippen molar-refractivity contribution in [1.29, 1.82) is 0 Å². The van der Waals surface area contributed by atoms with Gasteiger partial charge in [0.05, 0.1) is 22.2 Å². The number of phenols is 1. The summed E-state index contributed by atoms with van der Waals surface area (Å²) in [7, 11) is 0. The summed E-state index contributed by atoms with van der Waals surface area (Å²) >= 11 is 12.0. The second-order valence-corrected chi connectivity index (χ2v) is 7.14. The molecule has 0 spiro atoms. The van der Waals surface area contributed by atoms with Gasteiger partial charge in [0, 0.05) is 17.0 Å². The summed E-state index contributed by atoms with van der Waals surface area (Å²) in [6.45, 7) is 0. The van der Waals surface area contributed by atoms with Gasteiger partial charge in [0.25, 0.3) is 5.69 Å². The standard InChI is InChI=1S/C18H14Cl2N2O3/c19-10-6-4-9(5-7-10)16-12-3-1-2-11(12)15-17(21-16)14(23)8-13(20)18(15)22(24)25/h1-2,4-8,11-12,16,21,23H,3H2. The predicted octanol–water partition coefficient (Wildman–Crippen LogP) is 5.43. The molecule has 5 nitrogen and oxygen atoms in total. The molecule has 1 aliphatic carbocycles. The van der Waals surface area contributed by atoms with Crippen LogP contribution in [0.3, 0.4) is 0 Å². The Hall–Kier alpha value is -2.24. The second kappa shape index (κ2) is 5.93. The first kappa shape index (κ1) is 16.2. The molecule has 0 bridgehead atoms. The van der Waals surface area contributed by atoms with Gasteiger partial charge in [-0.05, 0) is 30.0 Å². The molecule has 0 fully saturated rings. The van der Waals surface area contributed by atoms with Crippen LogP contribution < -0.4 is 5.32 Å². The van der Waals surface area contributed by atoms with Crippen molar-refractivity contribution < 1.29 is 10.0 Å². The molecular formula is C18H14Cl2N2O3. The van der Waals surface area contributed by atoms with Gasteiger partial charge in [-0.2, -0.15) is 0 Å². The number of nitro benzene ring substituents is 1. The van der Waals surface area contributed by atoms with E-state index in [1.54, 1.807) is 0 Å². The van der Waals surface area contributed by atoms with Crippen LogP contribution in [0.2, 0.25) is 10.0 Å². The molecule has 0 radical (unpaired) electrons. The fraction of sp³-hybridized carbons (Fsp3) is 0.222. The van der Waals surface area contributed by atoms with Crippen molar-refractivity contribution in [3.63, 3.8) is 0 Å². The van der Waals surface area contributed by atoms with Crippen molar-refractivity contribution in [1.82, 2.24) is 0 Å². The third-order valence-corrected chi connectivity index (χ3v) is 5.50. The second-order valence-electron chi connectivity index (χ2n) is 6.30. The first-order chi connectivity index (χ1) is 12.0. The normalized spacial score (nSPS) is 23.7. The molecule has 2 N–H and O–H groups in total. The Morgan fingerprint density at radius 1 is 1.24 bits per heavy atom. The summed E-state index contributed by atoms with van der Waals surface area (Å²) in [4.78, 5) is 11.1. The highest BCUT2D eigenvalue weighted by Gasteiger charge is 2.43. The lowest BCUT2D eigenvalue weighted by atomic mass is 9.76. The zero-order valence-corrected chi connectivity index (χ0v) is 14.5. The van der Waals surface area contributed by atoms with Crippen molar-refractivity contribution in [2.24, 2.45) is 5.92 Å². The number of hydrogen-bond donors (Lipinski definition) is 2. The van der Waals surface area contributed by atoms with Crippen LogP contribution in [0.5, 0.6) is 5.75 Å². The molecule has 4 rings (SSSR count). The van der Waals surface area contributed by atoms with Crippen molar-refractivity contribution in [3.8, 4) is 5.75 Å². The molecule has 25 heavy (non-hydrogen) atoms. The van der Waals surface area contributed by atoms with Gasteiger partial charge in [0.1, 0.15) is 10.8 Å². The number of anilines is 1. The van der Waals surface area contributed by atoms with E-state index < -0.39 is 4.92 Å². The zero-order chi connectivity index (χ0) is 17.7. The van der Waals surface area contributed by atoms with E-state index in [0.717, 1.165) is 12.0 Å². The minimum Gasteiger partial charge on any atom is -0.506 e. The molecule has 3 unspecified atom stereocenters. The van der Waals surface area contributed by atoms with E-state index in [9.17, 15) is 15.2 Å². The molecule has 0 aromatic heterocycles. The van der Waals surface area contributed by atoms with E-state index in [1.807, 2.05) is 36.4 Å². The van der Waals surface area contributed by atoms with Gasteiger partial charge < -0.3 is 10.4 Å². The Morgan fingerprint density at radius 2 is 1.96 bits per heavy atom. The molecule has 0 amide bonds. The van der Waals surface area contributed by atoms with Crippen LogP contribution in [0.15, 0.2) is 42.5 Å². The van der Waals surface area contributed by atoms with E-state index in [-0.39, 0.29) is 34.3 Å². The SMILES string of the molecule is O=[N+]([O-])c1c(Cl)cc(O)c2c1C1C=CCC1C(c1ccc(Cl)cc1)N2. The highest BCUT2D eigenvalue weighted by Crippen LogP contribution is 2.56. The number of benzene rings is 2. The summed E-state index contributed by atoms with van der Waals surface area (Å²) in [6, 6.07) is 8.63. The maximum absolute atomic E-state index is 11.6. The van der Waals surface area contributed by atoms with Gasteiger partial charge in [-0.3, -0.25) is 10.1 Å². The van der Waals surface area contributed by atoms with Crippen LogP contribution in [-0.4, -0.2) is 10.0 Å². The molecule has 2 aromatic rings. The van der Waals surface area contributed by atoms with Gasteiger partial charge >= 0.3 is 0 Å². The maximum Gasteiger partial charge on any atom is 0.293 e. The summed E-state index contributed by atoms with van der Waals surface area (Å²) in [5.74, 6) is -0.157. The number of nitrogens with one attached hydrogen (secondary N) is 1. The van der Waals surface area contributed by atoms with E-state index >= 15 is 0 Å². The lowest BCUT2D eigenvalue weighted by Crippen LogP contribution is -2.29. The van der Waals surface area contributed by atoms with Crippen LogP contribution in [0, 0.1) is 16.0 Å². The largest absolute Gasteiger partial charge is 0.506 e. The summed E-state index contributed by atoms with van der Waals surface area (Å²) < 4.78 is 0. The van der Waals surface area contributed by atoms with E-state index in [1.165, 1.54) is 6.07 Å². The molecule has 128 valence electrons. The lowest BCUT2D eigenvalue weighted by Gasteiger charge is -2.37. The maximum atomic E-state index is 11.6. The number of phenolic OH excluding ortho intramolecular Hbond substituents is 1. The Kier molecular flexibility index (Phi) is 3.85. The molecule has 3 atom stereocenters. The Bertz CT molecular complexity index is 896. The average Bonchev–Trinajstić information content (AvgIpc) is 3.04. The number of rotatable bonds is 2. The van der Waals surface area contributed by atoms with E-state index in [2.05, 4.69) is 5.32 Å². The van der Waals surface area contributed by atoms with Gasteiger partial charge in [0.15, 0.2) is 0 Å². The summed E-state index contributed by atoms with van der Waals surface area (Å²) in [5, 5.41) is 25.8. The fourth-order valence-corrected chi connectivity index (χ4v) is 4.30. The third-order valence-electron chi connectivity index (χ3n) is 4.96. The number of fused-ring (bicyclic) bond motifs is 3. The number of halogens is 2. The van der Waals surface area contributed by atoms with Gasteiger partial charge in [0.2, 0.25) is 0 Å². The summed E-state index contributed by atoms with van der Waals surface area (Å²) in [6.07, 6.45) is 4.78. The minimum absolute atomic E-state index is 0.0490.